The van der Waals surface area contributed by atoms with Crippen molar-refractivity contribution in [2.75, 3.05) is 33.0 Å². The topological polar surface area (TPSA) is 92.7 Å². The molecule has 10 heteroatoms. The van der Waals surface area contributed by atoms with Gasteiger partial charge >= 0.3 is 0 Å². The van der Waals surface area contributed by atoms with E-state index in [4.69, 9.17) is 28.5 Å². The highest BCUT2D eigenvalue weighted by Crippen LogP contribution is 2.40. The Morgan fingerprint density at radius 2 is 1.83 bits per heavy atom. The van der Waals surface area contributed by atoms with Gasteiger partial charge in [0.2, 0.25) is 8.32 Å². The number of rotatable bonds is 15. The molecule has 1 aliphatic heterocycles. The summed E-state index contributed by atoms with van der Waals surface area (Å²) in [5.74, 6) is 0.849. The summed E-state index contributed by atoms with van der Waals surface area (Å²) in [5.41, 5.74) is 4.42. The fourth-order valence-corrected chi connectivity index (χ4v) is 6.41. The van der Waals surface area contributed by atoms with Gasteiger partial charge in [0.05, 0.1) is 44.7 Å². The number of nitriles is 1. The third-order valence-corrected chi connectivity index (χ3v) is 13.5. The maximum Gasteiger partial charge on any atom is 0.250 e. The molecule has 2 aromatic carbocycles. The third-order valence-electron chi connectivity index (χ3n) is 9.15. The summed E-state index contributed by atoms with van der Waals surface area (Å²) < 4.78 is 34.3. The molecule has 3 heterocycles. The van der Waals surface area contributed by atoms with Gasteiger partial charge in [0.25, 0.3) is 0 Å². The van der Waals surface area contributed by atoms with Crippen LogP contribution < -0.4 is 4.43 Å². The van der Waals surface area contributed by atoms with Crippen LogP contribution in [0.25, 0.3) is 22.2 Å². The van der Waals surface area contributed by atoms with Crippen LogP contribution in [0.2, 0.25) is 18.1 Å². The average molecular weight is 659 g/mol. The molecule has 5 rings (SSSR count). The van der Waals surface area contributed by atoms with E-state index in [1.54, 1.807) is 0 Å². The van der Waals surface area contributed by atoms with Crippen molar-refractivity contribution in [3.05, 3.63) is 72.1 Å². The maximum absolute atomic E-state index is 9.99. The molecule has 0 radical (unpaired) electrons. The first kappa shape index (κ1) is 34.9. The van der Waals surface area contributed by atoms with Gasteiger partial charge in [-0.15, -0.1) is 0 Å². The first-order valence-corrected chi connectivity index (χ1v) is 19.7. The lowest BCUT2D eigenvalue weighted by Gasteiger charge is -2.36. The molecule has 4 aromatic rings. The number of benzene rings is 2. The fraction of sp³-hybridized carbons (Fsp3) is 0.514. The van der Waals surface area contributed by atoms with Crippen molar-refractivity contribution in [3.63, 3.8) is 0 Å². The predicted octanol–water partition coefficient (Wildman–Crippen LogP) is 8.10. The summed E-state index contributed by atoms with van der Waals surface area (Å²) in [6.07, 6.45) is 4.97. The highest BCUT2D eigenvalue weighted by molar-refractivity contribution is 6.74. The van der Waals surface area contributed by atoms with Gasteiger partial charge in [-0.3, -0.25) is 0 Å². The van der Waals surface area contributed by atoms with Crippen molar-refractivity contribution in [2.24, 2.45) is 0 Å². The van der Waals surface area contributed by atoms with E-state index in [2.05, 4.69) is 70.3 Å². The summed E-state index contributed by atoms with van der Waals surface area (Å²) in [6, 6.07) is 20.6. The van der Waals surface area contributed by atoms with E-state index in [-0.39, 0.29) is 17.4 Å². The molecule has 0 N–H and O–H groups in total. The van der Waals surface area contributed by atoms with E-state index in [1.165, 1.54) is 0 Å². The summed E-state index contributed by atoms with van der Waals surface area (Å²) in [6.45, 7) is 17.0. The van der Waals surface area contributed by atoms with Gasteiger partial charge in [-0.05, 0) is 74.1 Å². The lowest BCUT2D eigenvalue weighted by atomic mass is 10.1. The number of nitrogens with zero attached hydrogens (tertiary/aromatic N) is 4. The molecular weight excluding hydrogens is 609 g/mol. The van der Waals surface area contributed by atoms with Gasteiger partial charge in [0.15, 0.2) is 6.23 Å². The zero-order valence-corrected chi connectivity index (χ0v) is 29.8. The second-order valence-electron chi connectivity index (χ2n) is 13.9. The molecule has 9 nitrogen and oxygen atoms in total. The van der Waals surface area contributed by atoms with Crippen LogP contribution in [0.15, 0.2) is 60.8 Å². The average Bonchev–Trinajstić information content (AvgIpc) is 3.64. The van der Waals surface area contributed by atoms with Gasteiger partial charge < -0.3 is 27.9 Å². The summed E-state index contributed by atoms with van der Waals surface area (Å²) >= 11 is 0. The van der Waals surface area contributed by atoms with Crippen molar-refractivity contribution in [1.82, 2.24) is 14.3 Å². The lowest BCUT2D eigenvalue weighted by molar-refractivity contribution is -0.0365. The van der Waals surface area contributed by atoms with Crippen LogP contribution in [-0.4, -0.2) is 61.8 Å². The molecular formula is C37H50N4O5Si. The van der Waals surface area contributed by atoms with Crippen molar-refractivity contribution in [2.45, 2.75) is 90.6 Å². The number of hydrogen-bond donors (Lipinski definition) is 0. The van der Waals surface area contributed by atoms with Gasteiger partial charge in [-0.1, -0.05) is 51.1 Å². The van der Waals surface area contributed by atoms with E-state index < -0.39 is 8.32 Å². The molecule has 252 valence electrons. The van der Waals surface area contributed by atoms with Crippen LogP contribution in [0.3, 0.4) is 0 Å². The largest absolute Gasteiger partial charge is 0.543 e. The van der Waals surface area contributed by atoms with Crippen LogP contribution in [0.4, 0.5) is 0 Å². The smallest absolute Gasteiger partial charge is 0.250 e. The first-order chi connectivity index (χ1) is 22.6. The molecule has 1 saturated heterocycles. The zero-order chi connectivity index (χ0) is 33.4. The van der Waals surface area contributed by atoms with Gasteiger partial charge in [0.1, 0.15) is 23.2 Å². The normalized spacial score (nSPS) is 16.3. The Morgan fingerprint density at radius 1 is 1.04 bits per heavy atom. The second-order valence-corrected chi connectivity index (χ2v) is 18.6. The van der Waals surface area contributed by atoms with Crippen LogP contribution in [0.5, 0.6) is 5.75 Å². The Hall–Kier alpha value is -3.46. The van der Waals surface area contributed by atoms with Crippen molar-refractivity contribution >= 4 is 19.2 Å². The van der Waals surface area contributed by atoms with E-state index in [1.807, 2.05) is 46.6 Å². The Kier molecular flexibility index (Phi) is 11.6. The minimum atomic E-state index is -2.04. The summed E-state index contributed by atoms with van der Waals surface area (Å²) in [5, 5.41) is 16.2. The zero-order valence-electron chi connectivity index (χ0n) is 28.8. The van der Waals surface area contributed by atoms with E-state index in [9.17, 15) is 5.26 Å². The first-order valence-electron chi connectivity index (χ1n) is 16.8. The summed E-state index contributed by atoms with van der Waals surface area (Å²) in [7, 11) is -2.04. The molecule has 0 amide bonds. The molecule has 47 heavy (non-hydrogen) atoms. The predicted molar refractivity (Wildman–Crippen MR) is 187 cm³/mol. The molecule has 1 aliphatic rings. The van der Waals surface area contributed by atoms with Crippen LogP contribution in [0, 0.1) is 11.3 Å². The third kappa shape index (κ3) is 8.92. The number of aromatic nitrogens is 3. The standard InChI is InChI=1S/C37H50N4O5Si/c1-28(45-27-29-12-8-7-9-13-29)26-43-21-20-42-19-17-40-25-30(22-31(40)24-38)36-33-23-32(46-47(5,6)37(2,3)4)15-16-34(33)41(39-36)35-14-10-11-18-44-35/h7-9,12-13,15-16,22-23,25,28,35H,10-11,14,17-21,26-27H2,1-6H3/t28-,35?/m1/s1. The minimum absolute atomic E-state index is 0.00869. The second kappa shape index (κ2) is 15.6. The SMILES string of the molecule is C[C@H](COCCOCCn1cc(-c2nn(C3CCCCO3)c3ccc(O[Si](C)(C)C(C)(C)C)cc23)cc1C#N)OCc1ccccc1. The van der Waals surface area contributed by atoms with Crippen molar-refractivity contribution in [3.8, 4) is 23.1 Å². The Balaban J connectivity index is 1.23. The molecule has 1 fully saturated rings. The van der Waals surface area contributed by atoms with Gasteiger partial charge in [0, 0.05) is 30.3 Å². The van der Waals surface area contributed by atoms with Crippen molar-refractivity contribution < 1.29 is 23.4 Å². The van der Waals surface area contributed by atoms with Gasteiger partial charge in [-0.2, -0.15) is 10.4 Å². The van der Waals surface area contributed by atoms with Crippen LogP contribution >= 0.6 is 0 Å². The molecule has 2 atom stereocenters. The monoisotopic (exact) mass is 658 g/mol. The number of ether oxygens (including phenoxy) is 4. The quantitative estimate of drug-likeness (QED) is 0.0941. The maximum atomic E-state index is 9.99. The van der Waals surface area contributed by atoms with Crippen LogP contribution in [0.1, 0.15) is 64.4 Å². The molecule has 0 saturated carbocycles. The van der Waals surface area contributed by atoms with E-state index in [0.29, 0.717) is 45.3 Å². The lowest BCUT2D eigenvalue weighted by Crippen LogP contribution is -2.43. The van der Waals surface area contributed by atoms with E-state index in [0.717, 1.165) is 59.3 Å². The Morgan fingerprint density at radius 3 is 2.55 bits per heavy atom. The molecule has 0 aliphatic carbocycles. The Labute approximate surface area is 280 Å². The summed E-state index contributed by atoms with van der Waals surface area (Å²) in [4.78, 5) is 0. The number of fused-ring (bicyclic) bond motifs is 1. The minimum Gasteiger partial charge on any atom is -0.543 e. The van der Waals surface area contributed by atoms with Crippen LogP contribution in [-0.2, 0) is 32.1 Å². The fourth-order valence-electron chi connectivity index (χ4n) is 5.39. The Bertz CT molecular complexity index is 1630. The van der Waals surface area contributed by atoms with Crippen molar-refractivity contribution in [1.29, 1.82) is 5.26 Å². The highest BCUT2D eigenvalue weighted by Gasteiger charge is 2.39. The molecule has 1 unspecified atom stereocenters. The molecule has 0 bridgehead atoms. The highest BCUT2D eigenvalue weighted by atomic mass is 28.4. The molecule has 2 aromatic heterocycles. The molecule has 0 spiro atoms. The number of hydrogen-bond acceptors (Lipinski definition) is 7. The van der Waals surface area contributed by atoms with Gasteiger partial charge in [-0.25, -0.2) is 4.68 Å². The van der Waals surface area contributed by atoms with E-state index >= 15 is 0 Å².